The van der Waals surface area contributed by atoms with Crippen molar-refractivity contribution in [3.05, 3.63) is 35.9 Å². The number of hydrogen-bond acceptors (Lipinski definition) is 2. The Labute approximate surface area is 110 Å². The molecule has 1 aromatic rings. The normalized spacial score (nSPS) is 29.4. The van der Waals surface area contributed by atoms with E-state index in [1.807, 2.05) is 30.3 Å². The first-order valence-corrected chi connectivity index (χ1v) is 7.28. The molecule has 0 bridgehead atoms. The van der Waals surface area contributed by atoms with Gasteiger partial charge in [0.1, 0.15) is 0 Å². The largest absolute Gasteiger partial charge is 0.388 e. The van der Waals surface area contributed by atoms with E-state index in [4.69, 9.17) is 0 Å². The van der Waals surface area contributed by atoms with Gasteiger partial charge in [-0.2, -0.15) is 0 Å². The van der Waals surface area contributed by atoms with Crippen LogP contribution in [0.25, 0.3) is 0 Å². The van der Waals surface area contributed by atoms with E-state index in [0.717, 1.165) is 30.4 Å². The average molecular weight is 245 g/mol. The maximum atomic E-state index is 10.2. The highest BCUT2D eigenvalue weighted by atomic mass is 16.3. The molecule has 1 saturated carbocycles. The van der Waals surface area contributed by atoms with E-state index in [9.17, 15) is 5.11 Å². The van der Waals surface area contributed by atoms with Crippen molar-refractivity contribution in [2.45, 2.75) is 31.8 Å². The molecule has 2 nitrogen and oxygen atoms in total. The third-order valence-corrected chi connectivity index (χ3v) is 4.71. The number of likely N-dealkylation sites (tertiary alicyclic amines) is 1. The Bertz CT molecular complexity index is 366. The number of aliphatic hydroxyl groups is 1. The Balaban J connectivity index is 1.47. The van der Waals surface area contributed by atoms with Crippen molar-refractivity contribution in [2.24, 2.45) is 11.8 Å². The summed E-state index contributed by atoms with van der Waals surface area (Å²) in [7, 11) is 0. The minimum Gasteiger partial charge on any atom is -0.388 e. The summed E-state index contributed by atoms with van der Waals surface area (Å²) in [6.07, 6.45) is 4.87. The molecule has 1 N–H and O–H groups in total. The molecule has 3 unspecified atom stereocenters. The SMILES string of the molecule is OC(CCN1CC2CCCC2C1)c1ccccc1. The van der Waals surface area contributed by atoms with Crippen LogP contribution in [0, 0.1) is 11.8 Å². The molecule has 0 amide bonds. The van der Waals surface area contributed by atoms with Gasteiger partial charge in [0.25, 0.3) is 0 Å². The summed E-state index contributed by atoms with van der Waals surface area (Å²) in [5.41, 5.74) is 1.05. The van der Waals surface area contributed by atoms with Crippen LogP contribution in [-0.4, -0.2) is 29.6 Å². The zero-order valence-electron chi connectivity index (χ0n) is 11.0. The van der Waals surface area contributed by atoms with Gasteiger partial charge in [-0.05, 0) is 36.7 Å². The third kappa shape index (κ3) is 2.60. The third-order valence-electron chi connectivity index (χ3n) is 4.71. The van der Waals surface area contributed by atoms with Crippen molar-refractivity contribution in [2.75, 3.05) is 19.6 Å². The minimum atomic E-state index is -0.299. The lowest BCUT2D eigenvalue weighted by Gasteiger charge is -2.19. The van der Waals surface area contributed by atoms with Gasteiger partial charge in [-0.25, -0.2) is 0 Å². The molecular formula is C16H23NO. The number of nitrogens with zero attached hydrogens (tertiary/aromatic N) is 1. The molecule has 0 spiro atoms. The fourth-order valence-corrected chi connectivity index (χ4v) is 3.66. The van der Waals surface area contributed by atoms with E-state index < -0.39 is 0 Å². The van der Waals surface area contributed by atoms with Gasteiger partial charge < -0.3 is 10.0 Å². The number of hydrogen-bond donors (Lipinski definition) is 1. The summed E-state index contributed by atoms with van der Waals surface area (Å²) in [6, 6.07) is 10.0. The van der Waals surface area contributed by atoms with Crippen LogP contribution >= 0.6 is 0 Å². The Morgan fingerprint density at radius 1 is 1.11 bits per heavy atom. The van der Waals surface area contributed by atoms with Gasteiger partial charge in [0.05, 0.1) is 6.10 Å². The Morgan fingerprint density at radius 3 is 2.44 bits per heavy atom. The molecule has 98 valence electrons. The number of rotatable bonds is 4. The van der Waals surface area contributed by atoms with Crippen LogP contribution in [0.5, 0.6) is 0 Å². The second kappa shape index (κ2) is 5.41. The van der Waals surface area contributed by atoms with Crippen LogP contribution in [0.4, 0.5) is 0 Å². The highest BCUT2D eigenvalue weighted by molar-refractivity contribution is 5.17. The standard InChI is InChI=1S/C16H23NO/c18-16(13-5-2-1-3-6-13)9-10-17-11-14-7-4-8-15(14)12-17/h1-3,5-6,14-16,18H,4,7-12H2. The molecule has 1 aliphatic carbocycles. The zero-order valence-corrected chi connectivity index (χ0v) is 11.0. The van der Waals surface area contributed by atoms with Crippen LogP contribution in [0.3, 0.4) is 0 Å². The molecule has 1 aliphatic heterocycles. The van der Waals surface area contributed by atoms with Gasteiger partial charge in [0.15, 0.2) is 0 Å². The van der Waals surface area contributed by atoms with Crippen molar-refractivity contribution < 1.29 is 5.11 Å². The molecule has 3 rings (SSSR count). The summed E-state index contributed by atoms with van der Waals surface area (Å²) in [5.74, 6) is 1.91. The molecule has 18 heavy (non-hydrogen) atoms. The molecule has 3 atom stereocenters. The van der Waals surface area contributed by atoms with Gasteiger partial charge >= 0.3 is 0 Å². The fourth-order valence-electron chi connectivity index (χ4n) is 3.66. The number of aliphatic hydroxyl groups excluding tert-OH is 1. The predicted molar refractivity (Wildman–Crippen MR) is 73.3 cm³/mol. The van der Waals surface area contributed by atoms with Gasteiger partial charge in [0.2, 0.25) is 0 Å². The predicted octanol–water partition coefficient (Wildman–Crippen LogP) is 2.84. The van der Waals surface area contributed by atoms with Crippen LogP contribution in [-0.2, 0) is 0 Å². The first-order chi connectivity index (χ1) is 8.83. The van der Waals surface area contributed by atoms with E-state index in [0.29, 0.717) is 0 Å². The smallest absolute Gasteiger partial charge is 0.0802 e. The molecule has 0 radical (unpaired) electrons. The quantitative estimate of drug-likeness (QED) is 0.881. The second-order valence-corrected chi connectivity index (χ2v) is 5.93. The van der Waals surface area contributed by atoms with Crippen molar-refractivity contribution in [1.29, 1.82) is 0 Å². The number of benzene rings is 1. The summed E-state index contributed by atoms with van der Waals surface area (Å²) in [4.78, 5) is 2.56. The second-order valence-electron chi connectivity index (χ2n) is 5.93. The van der Waals surface area contributed by atoms with Gasteiger partial charge in [-0.15, -0.1) is 0 Å². The fraction of sp³-hybridized carbons (Fsp3) is 0.625. The average Bonchev–Trinajstić information content (AvgIpc) is 2.97. The van der Waals surface area contributed by atoms with Gasteiger partial charge in [-0.3, -0.25) is 0 Å². The van der Waals surface area contributed by atoms with Crippen molar-refractivity contribution in [3.8, 4) is 0 Å². The van der Waals surface area contributed by atoms with Crippen LogP contribution in [0.2, 0.25) is 0 Å². The van der Waals surface area contributed by atoms with Crippen molar-refractivity contribution >= 4 is 0 Å². The molecule has 1 aromatic carbocycles. The van der Waals surface area contributed by atoms with Gasteiger partial charge in [-0.1, -0.05) is 36.8 Å². The molecule has 0 aromatic heterocycles. The van der Waals surface area contributed by atoms with E-state index in [-0.39, 0.29) is 6.10 Å². The maximum absolute atomic E-state index is 10.2. The first-order valence-electron chi connectivity index (χ1n) is 7.28. The van der Waals surface area contributed by atoms with E-state index >= 15 is 0 Å². The lowest BCUT2D eigenvalue weighted by molar-refractivity contribution is 0.146. The van der Waals surface area contributed by atoms with Crippen LogP contribution < -0.4 is 0 Å². The van der Waals surface area contributed by atoms with Gasteiger partial charge in [0, 0.05) is 19.6 Å². The maximum Gasteiger partial charge on any atom is 0.0802 e. The highest BCUT2D eigenvalue weighted by Crippen LogP contribution is 2.37. The number of fused-ring (bicyclic) bond motifs is 1. The first kappa shape index (κ1) is 12.2. The lowest BCUT2D eigenvalue weighted by Crippen LogP contribution is -2.24. The van der Waals surface area contributed by atoms with Crippen molar-refractivity contribution in [3.63, 3.8) is 0 Å². The Hall–Kier alpha value is -0.860. The summed E-state index contributed by atoms with van der Waals surface area (Å²) < 4.78 is 0. The molecular weight excluding hydrogens is 222 g/mol. The monoisotopic (exact) mass is 245 g/mol. The van der Waals surface area contributed by atoms with E-state index in [2.05, 4.69) is 4.90 Å². The summed E-state index contributed by atoms with van der Waals surface area (Å²) in [5, 5.41) is 10.2. The van der Waals surface area contributed by atoms with Crippen LogP contribution in [0.1, 0.15) is 37.4 Å². The highest BCUT2D eigenvalue weighted by Gasteiger charge is 2.35. The molecule has 2 aliphatic rings. The van der Waals surface area contributed by atoms with E-state index in [1.54, 1.807) is 0 Å². The van der Waals surface area contributed by atoms with Crippen molar-refractivity contribution in [1.82, 2.24) is 4.90 Å². The summed E-state index contributed by atoms with van der Waals surface area (Å²) >= 11 is 0. The lowest BCUT2D eigenvalue weighted by atomic mass is 10.0. The zero-order chi connectivity index (χ0) is 12.4. The van der Waals surface area contributed by atoms with Crippen LogP contribution in [0.15, 0.2) is 30.3 Å². The molecule has 2 heteroatoms. The summed E-state index contributed by atoms with van der Waals surface area (Å²) in [6.45, 7) is 3.58. The molecule has 2 fully saturated rings. The van der Waals surface area contributed by atoms with E-state index in [1.165, 1.54) is 32.4 Å². The Morgan fingerprint density at radius 2 is 1.78 bits per heavy atom. The minimum absolute atomic E-state index is 0.299. The molecule has 1 saturated heterocycles. The molecule has 1 heterocycles. The topological polar surface area (TPSA) is 23.5 Å². The Kier molecular flexibility index (Phi) is 3.67.